The standard InChI is InChI=1S/C26H29N3O3/c1-5-28-26(24(31)32-25(2,3)4)21(16-17-29(26)22(30)18-27)23(19-12-8-6-9-13-19)20-14-10-7-11-15-20/h1,6-15,28H,16-18,27H2,2-4H3/t26-/m0/s1. The number of ether oxygens (including phenoxy) is 1. The molecule has 0 aromatic heterocycles. The van der Waals surface area contributed by atoms with Crippen LogP contribution in [0.15, 0.2) is 66.2 Å². The van der Waals surface area contributed by atoms with Gasteiger partial charge >= 0.3 is 5.97 Å². The second kappa shape index (κ2) is 9.29. The summed E-state index contributed by atoms with van der Waals surface area (Å²) >= 11 is 0. The lowest BCUT2D eigenvalue weighted by Gasteiger charge is -2.39. The zero-order valence-corrected chi connectivity index (χ0v) is 18.7. The fourth-order valence-electron chi connectivity index (χ4n) is 4.07. The number of carbonyl (C=O) groups is 2. The highest BCUT2D eigenvalue weighted by atomic mass is 16.6. The molecule has 0 bridgehead atoms. The van der Waals surface area contributed by atoms with Gasteiger partial charge in [-0.15, -0.1) is 0 Å². The van der Waals surface area contributed by atoms with Gasteiger partial charge < -0.3 is 20.7 Å². The molecule has 1 atom stereocenters. The number of hydrogen-bond donors (Lipinski definition) is 2. The van der Waals surface area contributed by atoms with Gasteiger partial charge in [-0.3, -0.25) is 4.79 Å². The van der Waals surface area contributed by atoms with Crippen molar-refractivity contribution >= 4 is 17.4 Å². The van der Waals surface area contributed by atoms with E-state index in [4.69, 9.17) is 16.9 Å². The molecular weight excluding hydrogens is 402 g/mol. The fraction of sp³-hybridized carbons (Fsp3) is 0.308. The molecule has 2 aromatic carbocycles. The monoisotopic (exact) mass is 431 g/mol. The van der Waals surface area contributed by atoms with Gasteiger partial charge in [-0.05, 0) is 49.5 Å². The predicted octanol–water partition coefficient (Wildman–Crippen LogP) is 2.90. The Morgan fingerprint density at radius 3 is 2.06 bits per heavy atom. The lowest BCUT2D eigenvalue weighted by Crippen LogP contribution is -2.64. The van der Waals surface area contributed by atoms with Crippen molar-refractivity contribution in [1.82, 2.24) is 10.2 Å². The largest absolute Gasteiger partial charge is 0.457 e. The number of nitrogens with zero attached hydrogens (tertiary/aromatic N) is 1. The Bertz CT molecular complexity index is 1010. The number of amides is 1. The molecule has 1 amide bonds. The van der Waals surface area contributed by atoms with Gasteiger partial charge in [0.1, 0.15) is 5.60 Å². The summed E-state index contributed by atoms with van der Waals surface area (Å²) in [5, 5.41) is 2.86. The van der Waals surface area contributed by atoms with E-state index in [1.165, 1.54) is 4.90 Å². The molecule has 1 aliphatic heterocycles. The van der Waals surface area contributed by atoms with Crippen LogP contribution in [-0.2, 0) is 14.3 Å². The lowest BCUT2D eigenvalue weighted by atomic mass is 9.86. The number of likely N-dealkylation sites (tertiary alicyclic amines) is 1. The molecule has 0 unspecified atom stereocenters. The van der Waals surface area contributed by atoms with Crippen molar-refractivity contribution in [3.63, 3.8) is 0 Å². The second-order valence-electron chi connectivity index (χ2n) is 8.57. The van der Waals surface area contributed by atoms with Crippen LogP contribution in [0.1, 0.15) is 38.3 Å². The molecule has 6 heteroatoms. The van der Waals surface area contributed by atoms with Crippen LogP contribution in [0.3, 0.4) is 0 Å². The summed E-state index contributed by atoms with van der Waals surface area (Å²) in [6.07, 6.45) is 6.11. The van der Waals surface area contributed by atoms with Gasteiger partial charge in [0.2, 0.25) is 11.6 Å². The molecule has 6 nitrogen and oxygen atoms in total. The Kier molecular flexibility index (Phi) is 6.71. The average molecular weight is 432 g/mol. The molecule has 32 heavy (non-hydrogen) atoms. The molecule has 3 rings (SSSR count). The highest BCUT2D eigenvalue weighted by molar-refractivity contribution is 5.98. The fourth-order valence-corrected chi connectivity index (χ4v) is 4.07. The first-order valence-corrected chi connectivity index (χ1v) is 10.6. The van der Waals surface area contributed by atoms with Crippen LogP contribution in [0.4, 0.5) is 0 Å². The summed E-state index contributed by atoms with van der Waals surface area (Å²) in [4.78, 5) is 28.0. The highest BCUT2D eigenvalue weighted by Crippen LogP contribution is 2.42. The molecular formula is C26H29N3O3. The van der Waals surface area contributed by atoms with Gasteiger partial charge in [0.15, 0.2) is 0 Å². The number of rotatable bonds is 5. The molecule has 3 N–H and O–H groups in total. The first-order valence-electron chi connectivity index (χ1n) is 10.6. The van der Waals surface area contributed by atoms with E-state index in [0.29, 0.717) is 12.0 Å². The molecule has 1 heterocycles. The summed E-state index contributed by atoms with van der Waals surface area (Å²) in [7, 11) is 0. The SMILES string of the molecule is C#CN[C@@]1(C(=O)OC(C)(C)C)C(=C(c2ccccc2)c2ccccc2)CCN1C(=O)CN. The molecule has 0 radical (unpaired) electrons. The Labute approximate surface area is 189 Å². The van der Waals surface area contributed by atoms with E-state index in [0.717, 1.165) is 16.7 Å². The number of hydrogen-bond acceptors (Lipinski definition) is 5. The average Bonchev–Trinajstić information content (AvgIpc) is 3.14. The van der Waals surface area contributed by atoms with Crippen LogP contribution in [0.5, 0.6) is 0 Å². The van der Waals surface area contributed by atoms with Crippen molar-refractivity contribution in [2.24, 2.45) is 5.73 Å². The van der Waals surface area contributed by atoms with Gasteiger partial charge in [0, 0.05) is 12.6 Å². The smallest absolute Gasteiger partial charge is 0.358 e. The van der Waals surface area contributed by atoms with Crippen molar-refractivity contribution in [2.45, 2.75) is 38.5 Å². The third-order valence-electron chi connectivity index (χ3n) is 5.28. The maximum Gasteiger partial charge on any atom is 0.358 e. The van der Waals surface area contributed by atoms with Crippen LogP contribution in [-0.4, -0.2) is 41.1 Å². The summed E-state index contributed by atoms with van der Waals surface area (Å²) < 4.78 is 5.79. The van der Waals surface area contributed by atoms with Gasteiger partial charge in [-0.2, -0.15) is 0 Å². The van der Waals surface area contributed by atoms with Gasteiger partial charge in [-0.25, -0.2) is 4.79 Å². The van der Waals surface area contributed by atoms with E-state index in [1.54, 1.807) is 20.8 Å². The summed E-state index contributed by atoms with van der Waals surface area (Å²) in [6.45, 7) is 5.35. The second-order valence-corrected chi connectivity index (χ2v) is 8.57. The van der Waals surface area contributed by atoms with E-state index in [-0.39, 0.29) is 13.1 Å². The van der Waals surface area contributed by atoms with E-state index < -0.39 is 23.1 Å². The van der Waals surface area contributed by atoms with E-state index in [1.807, 2.05) is 60.7 Å². The molecule has 0 aliphatic carbocycles. The lowest BCUT2D eigenvalue weighted by molar-refractivity contribution is -0.170. The highest BCUT2D eigenvalue weighted by Gasteiger charge is 2.56. The van der Waals surface area contributed by atoms with Gasteiger partial charge in [0.25, 0.3) is 0 Å². The Hall–Kier alpha value is -3.56. The maximum absolute atomic E-state index is 13.7. The number of terminal acetylenes is 1. The van der Waals surface area contributed by atoms with Crippen molar-refractivity contribution in [3.05, 3.63) is 77.4 Å². The third kappa shape index (κ3) is 4.39. The van der Waals surface area contributed by atoms with E-state index in [9.17, 15) is 9.59 Å². The van der Waals surface area contributed by atoms with Crippen LogP contribution < -0.4 is 11.1 Å². The number of nitrogens with two attached hydrogens (primary N) is 1. The minimum absolute atomic E-state index is 0.254. The van der Waals surface area contributed by atoms with Gasteiger partial charge in [-0.1, -0.05) is 67.1 Å². The van der Waals surface area contributed by atoms with Crippen LogP contribution in [0, 0.1) is 12.5 Å². The minimum Gasteiger partial charge on any atom is -0.457 e. The van der Waals surface area contributed by atoms with Crippen LogP contribution in [0.25, 0.3) is 5.57 Å². The van der Waals surface area contributed by atoms with Crippen molar-refractivity contribution in [2.75, 3.05) is 13.1 Å². The molecule has 2 aromatic rings. The van der Waals surface area contributed by atoms with E-state index in [2.05, 4.69) is 11.4 Å². The van der Waals surface area contributed by atoms with Crippen molar-refractivity contribution in [3.8, 4) is 12.5 Å². The molecule has 0 spiro atoms. The molecule has 1 fully saturated rings. The van der Waals surface area contributed by atoms with Crippen LogP contribution in [0.2, 0.25) is 0 Å². The zero-order valence-electron chi connectivity index (χ0n) is 18.7. The van der Waals surface area contributed by atoms with Crippen LogP contribution >= 0.6 is 0 Å². The predicted molar refractivity (Wildman–Crippen MR) is 125 cm³/mol. The topological polar surface area (TPSA) is 84.7 Å². The first-order chi connectivity index (χ1) is 15.2. The number of nitrogens with one attached hydrogen (secondary N) is 1. The number of esters is 1. The van der Waals surface area contributed by atoms with E-state index >= 15 is 0 Å². The minimum atomic E-state index is -1.67. The molecule has 0 saturated carbocycles. The molecule has 166 valence electrons. The number of carbonyl (C=O) groups excluding carboxylic acids is 2. The normalized spacial score (nSPS) is 18.1. The Morgan fingerprint density at radius 2 is 1.62 bits per heavy atom. The maximum atomic E-state index is 13.7. The first kappa shape index (κ1) is 23.1. The summed E-state index contributed by atoms with van der Waals surface area (Å²) in [5.74, 6) is -1.03. The van der Waals surface area contributed by atoms with Crippen molar-refractivity contribution in [1.29, 1.82) is 0 Å². The summed E-state index contributed by atoms with van der Waals surface area (Å²) in [5.41, 5.74) is 6.55. The van der Waals surface area contributed by atoms with Crippen molar-refractivity contribution < 1.29 is 14.3 Å². The molecule has 1 aliphatic rings. The summed E-state index contributed by atoms with van der Waals surface area (Å²) in [6, 6.07) is 21.9. The Balaban J connectivity index is 2.37. The molecule has 1 saturated heterocycles. The third-order valence-corrected chi connectivity index (χ3v) is 5.28. The van der Waals surface area contributed by atoms with Gasteiger partial charge in [0.05, 0.1) is 6.54 Å². The zero-order chi connectivity index (χ0) is 23.4. The quantitative estimate of drug-likeness (QED) is 0.432. The number of benzene rings is 2. The Morgan fingerprint density at radius 1 is 1.09 bits per heavy atom.